The molecule has 0 fully saturated rings. The van der Waals surface area contributed by atoms with E-state index in [9.17, 15) is 13.6 Å². The maximum Gasteiger partial charge on any atom is 0.253 e. The number of nitrogens with two attached hydrogens (primary N) is 1. The van der Waals surface area contributed by atoms with E-state index in [4.69, 9.17) is 10.5 Å². The fourth-order valence-corrected chi connectivity index (χ4v) is 1.74. The summed E-state index contributed by atoms with van der Waals surface area (Å²) in [6.07, 6.45) is 1.34. The molecule has 0 radical (unpaired) electrons. The zero-order valence-electron chi connectivity index (χ0n) is 12.8. The molecular weight excluding hydrogens is 290 g/mol. The van der Waals surface area contributed by atoms with Gasteiger partial charge in [-0.25, -0.2) is 8.78 Å². The number of amides is 1. The van der Waals surface area contributed by atoms with Crippen LogP contribution in [-0.2, 0) is 11.3 Å². The lowest BCUT2D eigenvalue weighted by Crippen LogP contribution is -2.26. The molecule has 1 aromatic carbocycles. The number of allylic oxidation sites excluding steroid dienone is 2. The Kier molecular flexibility index (Phi) is 6.56. The third-order valence-corrected chi connectivity index (χ3v) is 2.90. The summed E-state index contributed by atoms with van der Waals surface area (Å²) in [6.45, 7) is 2.84. The summed E-state index contributed by atoms with van der Waals surface area (Å²) in [6, 6.07) is 4.65. The monoisotopic (exact) mass is 310 g/mol. The van der Waals surface area contributed by atoms with Crippen LogP contribution in [-0.4, -0.2) is 19.2 Å². The Bertz CT molecular complexity index is 592. The standard InChI is InChI=1S/C16H20F2N2O2/c1-10(17)7-8-13(11(2)19)16(21)20-9-12-5-4-6-14(22-3)15(12)18/h4-8,10H,9,19H2,1-3H3,(H,20,21)/b8-7-,13-11-. The molecule has 4 nitrogen and oxygen atoms in total. The molecule has 0 aromatic heterocycles. The fourth-order valence-electron chi connectivity index (χ4n) is 1.74. The Morgan fingerprint density at radius 2 is 2.18 bits per heavy atom. The number of hydrogen-bond donors (Lipinski definition) is 2. The molecule has 0 saturated carbocycles. The van der Waals surface area contributed by atoms with Gasteiger partial charge in [0.05, 0.1) is 12.7 Å². The summed E-state index contributed by atoms with van der Waals surface area (Å²) in [4.78, 5) is 12.1. The van der Waals surface area contributed by atoms with Gasteiger partial charge in [-0.15, -0.1) is 0 Å². The molecule has 0 spiro atoms. The Hall–Kier alpha value is -2.37. The number of carbonyl (C=O) groups excluding carboxylic acids is 1. The topological polar surface area (TPSA) is 64.3 Å². The molecule has 0 aliphatic heterocycles. The summed E-state index contributed by atoms with van der Waals surface area (Å²) in [5, 5.41) is 2.55. The maximum atomic E-state index is 14.0. The van der Waals surface area contributed by atoms with Crippen molar-refractivity contribution in [2.24, 2.45) is 5.73 Å². The summed E-state index contributed by atoms with van der Waals surface area (Å²) in [5.41, 5.74) is 6.30. The molecule has 1 rings (SSSR count). The maximum absolute atomic E-state index is 14.0. The molecule has 0 saturated heterocycles. The van der Waals surface area contributed by atoms with Crippen molar-refractivity contribution < 1.29 is 18.3 Å². The van der Waals surface area contributed by atoms with Crippen LogP contribution in [0.4, 0.5) is 8.78 Å². The number of carbonyl (C=O) groups is 1. The van der Waals surface area contributed by atoms with Gasteiger partial charge in [0.1, 0.15) is 6.17 Å². The lowest BCUT2D eigenvalue weighted by atomic mass is 10.1. The summed E-state index contributed by atoms with van der Waals surface area (Å²) < 4.78 is 31.7. The fraction of sp³-hybridized carbons (Fsp3) is 0.312. The first-order valence-corrected chi connectivity index (χ1v) is 6.75. The van der Waals surface area contributed by atoms with Gasteiger partial charge in [-0.1, -0.05) is 18.2 Å². The third kappa shape index (κ3) is 4.87. The first-order chi connectivity index (χ1) is 10.4. The predicted molar refractivity (Wildman–Crippen MR) is 81.4 cm³/mol. The van der Waals surface area contributed by atoms with Crippen molar-refractivity contribution in [3.63, 3.8) is 0 Å². The van der Waals surface area contributed by atoms with Crippen LogP contribution in [0.25, 0.3) is 0 Å². The minimum atomic E-state index is -1.20. The highest BCUT2D eigenvalue weighted by Crippen LogP contribution is 2.19. The van der Waals surface area contributed by atoms with E-state index in [1.54, 1.807) is 6.07 Å². The minimum Gasteiger partial charge on any atom is -0.494 e. The van der Waals surface area contributed by atoms with Crippen molar-refractivity contribution in [2.75, 3.05) is 7.11 Å². The van der Waals surface area contributed by atoms with Gasteiger partial charge in [-0.3, -0.25) is 4.79 Å². The van der Waals surface area contributed by atoms with E-state index in [2.05, 4.69) is 5.32 Å². The van der Waals surface area contributed by atoms with Gasteiger partial charge in [0, 0.05) is 17.8 Å². The van der Waals surface area contributed by atoms with E-state index in [1.165, 1.54) is 45.2 Å². The number of nitrogens with one attached hydrogen (secondary N) is 1. The van der Waals surface area contributed by atoms with Crippen molar-refractivity contribution in [1.29, 1.82) is 0 Å². The highest BCUT2D eigenvalue weighted by atomic mass is 19.1. The van der Waals surface area contributed by atoms with Crippen molar-refractivity contribution in [3.05, 3.63) is 53.0 Å². The van der Waals surface area contributed by atoms with Crippen molar-refractivity contribution in [1.82, 2.24) is 5.32 Å². The van der Waals surface area contributed by atoms with Gasteiger partial charge in [0.25, 0.3) is 5.91 Å². The number of ether oxygens (including phenoxy) is 1. The number of benzene rings is 1. The van der Waals surface area contributed by atoms with E-state index in [-0.39, 0.29) is 29.1 Å². The summed E-state index contributed by atoms with van der Waals surface area (Å²) >= 11 is 0. The molecule has 120 valence electrons. The quantitative estimate of drug-likeness (QED) is 0.627. The van der Waals surface area contributed by atoms with Gasteiger partial charge in [0.15, 0.2) is 11.6 Å². The molecule has 0 heterocycles. The van der Waals surface area contributed by atoms with Crippen LogP contribution in [0, 0.1) is 5.82 Å². The first kappa shape index (κ1) is 17.7. The van der Waals surface area contributed by atoms with Crippen LogP contribution in [0.1, 0.15) is 19.4 Å². The van der Waals surface area contributed by atoms with Crippen molar-refractivity contribution in [3.8, 4) is 5.75 Å². The van der Waals surface area contributed by atoms with Gasteiger partial charge >= 0.3 is 0 Å². The minimum absolute atomic E-state index is 0.0301. The molecule has 0 aliphatic carbocycles. The molecule has 0 bridgehead atoms. The Morgan fingerprint density at radius 3 is 2.73 bits per heavy atom. The van der Waals surface area contributed by atoms with Crippen LogP contribution in [0.15, 0.2) is 41.6 Å². The molecular formula is C16H20F2N2O2. The lowest BCUT2D eigenvalue weighted by Gasteiger charge is -2.10. The second kappa shape index (κ2) is 8.17. The molecule has 22 heavy (non-hydrogen) atoms. The van der Waals surface area contributed by atoms with E-state index < -0.39 is 17.9 Å². The first-order valence-electron chi connectivity index (χ1n) is 6.75. The Labute approximate surface area is 128 Å². The average molecular weight is 310 g/mol. The van der Waals surface area contributed by atoms with E-state index >= 15 is 0 Å². The number of rotatable bonds is 6. The number of alkyl halides is 1. The number of hydrogen-bond acceptors (Lipinski definition) is 3. The molecule has 1 atom stereocenters. The Morgan fingerprint density at radius 1 is 1.50 bits per heavy atom. The number of methoxy groups -OCH3 is 1. The third-order valence-electron chi connectivity index (χ3n) is 2.90. The van der Waals surface area contributed by atoms with Gasteiger partial charge in [-0.05, 0) is 26.0 Å². The second-order valence-electron chi connectivity index (χ2n) is 4.75. The van der Waals surface area contributed by atoms with E-state index in [0.717, 1.165) is 0 Å². The smallest absolute Gasteiger partial charge is 0.253 e. The summed E-state index contributed by atoms with van der Waals surface area (Å²) in [5.74, 6) is -0.934. The predicted octanol–water partition coefficient (Wildman–Crippen LogP) is 2.60. The van der Waals surface area contributed by atoms with E-state index in [1.807, 2.05) is 0 Å². The van der Waals surface area contributed by atoms with Crippen molar-refractivity contribution in [2.45, 2.75) is 26.6 Å². The Balaban J connectivity index is 2.83. The highest BCUT2D eigenvalue weighted by molar-refractivity contribution is 5.96. The lowest BCUT2D eigenvalue weighted by molar-refractivity contribution is -0.117. The molecule has 1 aromatic rings. The molecule has 3 N–H and O–H groups in total. The van der Waals surface area contributed by atoms with Crippen LogP contribution in [0.5, 0.6) is 5.75 Å². The summed E-state index contributed by atoms with van der Waals surface area (Å²) in [7, 11) is 1.36. The number of halogens is 2. The van der Waals surface area contributed by atoms with Crippen LogP contribution in [0.2, 0.25) is 0 Å². The molecule has 0 aliphatic rings. The van der Waals surface area contributed by atoms with Gasteiger partial charge in [0.2, 0.25) is 0 Å². The van der Waals surface area contributed by atoms with Crippen LogP contribution >= 0.6 is 0 Å². The average Bonchev–Trinajstić information content (AvgIpc) is 2.45. The largest absolute Gasteiger partial charge is 0.494 e. The zero-order valence-corrected chi connectivity index (χ0v) is 12.8. The van der Waals surface area contributed by atoms with Crippen molar-refractivity contribution >= 4 is 5.91 Å². The highest BCUT2D eigenvalue weighted by Gasteiger charge is 2.12. The molecule has 6 heteroatoms. The van der Waals surface area contributed by atoms with Gasteiger partial charge in [-0.2, -0.15) is 0 Å². The molecule has 1 unspecified atom stereocenters. The second-order valence-corrected chi connectivity index (χ2v) is 4.75. The van der Waals surface area contributed by atoms with Crippen LogP contribution < -0.4 is 15.8 Å². The van der Waals surface area contributed by atoms with E-state index in [0.29, 0.717) is 0 Å². The zero-order chi connectivity index (χ0) is 16.7. The normalized spacial score (nSPS) is 13.7. The van der Waals surface area contributed by atoms with Crippen LogP contribution in [0.3, 0.4) is 0 Å². The SMILES string of the molecule is COc1cccc(CNC(=O)C(/C=C\C(C)F)=C(/C)N)c1F. The van der Waals surface area contributed by atoms with Gasteiger partial charge < -0.3 is 15.8 Å². The molecule has 1 amide bonds.